The maximum atomic E-state index is 13.6. The number of para-hydroxylation sites is 1. The van der Waals surface area contributed by atoms with Crippen LogP contribution in [0.3, 0.4) is 0 Å². The molecule has 5 rings (SSSR count). The number of benzene rings is 1. The zero-order valence-electron chi connectivity index (χ0n) is 18.1. The van der Waals surface area contributed by atoms with E-state index in [-0.39, 0.29) is 24.5 Å². The fraction of sp³-hybridized carbons (Fsp3) is 0.609. The Labute approximate surface area is 185 Å². The van der Waals surface area contributed by atoms with Gasteiger partial charge in [-0.1, -0.05) is 6.07 Å². The Morgan fingerprint density at radius 2 is 1.62 bits per heavy atom. The van der Waals surface area contributed by atoms with E-state index in [4.69, 9.17) is 4.74 Å². The standard InChI is InChI=1S/C23H29F2N3O4/c1-13(21(30)27-20-17(24)3-2-4-18(20)25)32-19(29)5-6-26-22(31)28-23-10-14-7-15(11-23)9-16(8-14)12-23/h2-4,13-16H,5-12H2,1H3,(H,27,30)(H2,26,28,31). The summed E-state index contributed by atoms with van der Waals surface area (Å²) in [6.45, 7) is 1.37. The summed E-state index contributed by atoms with van der Waals surface area (Å²) in [5.41, 5.74) is -0.711. The van der Waals surface area contributed by atoms with Gasteiger partial charge in [0.25, 0.3) is 5.91 Å². The Morgan fingerprint density at radius 3 is 2.19 bits per heavy atom. The first-order valence-electron chi connectivity index (χ1n) is 11.2. The van der Waals surface area contributed by atoms with E-state index < -0.39 is 35.3 Å². The van der Waals surface area contributed by atoms with Crippen molar-refractivity contribution in [2.75, 3.05) is 11.9 Å². The summed E-state index contributed by atoms with van der Waals surface area (Å²) in [6, 6.07) is 2.90. The quantitative estimate of drug-likeness (QED) is 0.555. The van der Waals surface area contributed by atoms with E-state index in [2.05, 4.69) is 16.0 Å². The van der Waals surface area contributed by atoms with Crippen LogP contribution in [0.1, 0.15) is 51.9 Å². The molecule has 4 saturated carbocycles. The van der Waals surface area contributed by atoms with Crippen molar-refractivity contribution in [1.29, 1.82) is 0 Å². The molecule has 3 amide bonds. The molecule has 0 radical (unpaired) electrons. The minimum absolute atomic E-state index is 0.0628. The van der Waals surface area contributed by atoms with Crippen molar-refractivity contribution < 1.29 is 27.9 Å². The van der Waals surface area contributed by atoms with Gasteiger partial charge < -0.3 is 20.7 Å². The summed E-state index contributed by atoms with van der Waals surface area (Å²) < 4.78 is 32.3. The van der Waals surface area contributed by atoms with Crippen molar-refractivity contribution in [2.45, 2.75) is 63.5 Å². The molecule has 174 valence electrons. The molecule has 3 N–H and O–H groups in total. The van der Waals surface area contributed by atoms with E-state index in [1.54, 1.807) is 0 Å². The lowest BCUT2D eigenvalue weighted by atomic mass is 9.53. The molecule has 0 heterocycles. The van der Waals surface area contributed by atoms with Gasteiger partial charge in [0.05, 0.1) is 6.42 Å². The molecule has 0 spiro atoms. The van der Waals surface area contributed by atoms with Crippen LogP contribution < -0.4 is 16.0 Å². The van der Waals surface area contributed by atoms with Crippen molar-refractivity contribution in [1.82, 2.24) is 10.6 Å². The van der Waals surface area contributed by atoms with Crippen LogP contribution in [0, 0.1) is 29.4 Å². The number of carbonyl (C=O) groups is 3. The number of halogens is 2. The Hall–Kier alpha value is -2.71. The molecule has 0 aromatic heterocycles. The Balaban J connectivity index is 1.18. The van der Waals surface area contributed by atoms with Crippen LogP contribution in [0.2, 0.25) is 0 Å². The highest BCUT2D eigenvalue weighted by Crippen LogP contribution is 2.55. The third kappa shape index (κ3) is 5.02. The van der Waals surface area contributed by atoms with Crippen molar-refractivity contribution in [2.24, 2.45) is 17.8 Å². The number of ether oxygens (including phenoxy) is 1. The molecule has 0 aliphatic heterocycles. The Morgan fingerprint density at radius 1 is 1.06 bits per heavy atom. The third-order valence-electron chi connectivity index (χ3n) is 6.92. The van der Waals surface area contributed by atoms with Gasteiger partial charge in [0.1, 0.15) is 17.3 Å². The summed E-state index contributed by atoms with van der Waals surface area (Å²) in [5, 5.41) is 7.94. The van der Waals surface area contributed by atoms with Crippen molar-refractivity contribution in [3.8, 4) is 0 Å². The molecule has 1 unspecified atom stereocenters. The summed E-state index contributed by atoms with van der Waals surface area (Å²) in [5.74, 6) is -1.27. The summed E-state index contributed by atoms with van der Waals surface area (Å²) in [6.07, 6.45) is 5.57. The number of esters is 1. The lowest BCUT2D eigenvalue weighted by Gasteiger charge is -2.56. The maximum absolute atomic E-state index is 13.6. The fourth-order valence-corrected chi connectivity index (χ4v) is 5.98. The highest BCUT2D eigenvalue weighted by atomic mass is 19.1. The van der Waals surface area contributed by atoms with E-state index in [9.17, 15) is 23.2 Å². The third-order valence-corrected chi connectivity index (χ3v) is 6.92. The molecule has 4 fully saturated rings. The molecular weight excluding hydrogens is 420 g/mol. The second-order valence-electron chi connectivity index (χ2n) is 9.55. The van der Waals surface area contributed by atoms with Gasteiger partial charge in [-0.15, -0.1) is 0 Å². The van der Waals surface area contributed by atoms with Gasteiger partial charge in [-0.3, -0.25) is 9.59 Å². The second kappa shape index (κ2) is 9.03. The maximum Gasteiger partial charge on any atom is 0.315 e. The predicted octanol–water partition coefficient (Wildman–Crippen LogP) is 3.49. The summed E-state index contributed by atoms with van der Waals surface area (Å²) in [4.78, 5) is 36.5. The Kier molecular flexibility index (Phi) is 6.35. The molecule has 32 heavy (non-hydrogen) atoms. The molecule has 1 aromatic carbocycles. The van der Waals surface area contributed by atoms with Crippen molar-refractivity contribution in [3.05, 3.63) is 29.8 Å². The summed E-state index contributed by atoms with van der Waals surface area (Å²) >= 11 is 0. The number of hydrogen-bond donors (Lipinski definition) is 3. The normalized spacial score (nSPS) is 28.7. The zero-order valence-corrected chi connectivity index (χ0v) is 18.1. The SMILES string of the molecule is CC(OC(=O)CCNC(=O)NC12CC3CC(CC(C3)C1)C2)C(=O)Nc1c(F)cccc1F. The first kappa shape index (κ1) is 22.5. The van der Waals surface area contributed by atoms with E-state index in [0.717, 1.165) is 31.4 Å². The molecule has 7 nitrogen and oxygen atoms in total. The lowest BCUT2D eigenvalue weighted by Crippen LogP contribution is -2.61. The zero-order chi connectivity index (χ0) is 22.9. The van der Waals surface area contributed by atoms with Crippen LogP contribution in [0.25, 0.3) is 0 Å². The van der Waals surface area contributed by atoms with Crippen LogP contribution in [0.4, 0.5) is 19.3 Å². The minimum Gasteiger partial charge on any atom is -0.452 e. The van der Waals surface area contributed by atoms with E-state index in [0.29, 0.717) is 17.8 Å². The van der Waals surface area contributed by atoms with Gasteiger partial charge in [-0.25, -0.2) is 13.6 Å². The molecule has 1 atom stereocenters. The number of amides is 3. The predicted molar refractivity (Wildman–Crippen MR) is 113 cm³/mol. The Bertz CT molecular complexity index is 852. The van der Waals surface area contributed by atoms with Gasteiger partial charge >= 0.3 is 12.0 Å². The van der Waals surface area contributed by atoms with Gasteiger partial charge in [0, 0.05) is 12.1 Å². The van der Waals surface area contributed by atoms with E-state index >= 15 is 0 Å². The first-order valence-corrected chi connectivity index (χ1v) is 11.2. The van der Waals surface area contributed by atoms with Crippen LogP contribution in [-0.4, -0.2) is 36.1 Å². The molecule has 4 aliphatic carbocycles. The highest BCUT2D eigenvalue weighted by molar-refractivity contribution is 5.95. The molecular formula is C23H29F2N3O4. The minimum atomic E-state index is -1.25. The lowest BCUT2D eigenvalue weighted by molar-refractivity contribution is -0.153. The van der Waals surface area contributed by atoms with Gasteiger partial charge in [-0.2, -0.15) is 0 Å². The number of rotatable bonds is 7. The van der Waals surface area contributed by atoms with E-state index in [1.165, 1.54) is 32.3 Å². The fourth-order valence-electron chi connectivity index (χ4n) is 5.98. The molecule has 4 bridgehead atoms. The second-order valence-corrected chi connectivity index (χ2v) is 9.55. The topological polar surface area (TPSA) is 96.5 Å². The molecule has 1 aromatic rings. The summed E-state index contributed by atoms with van der Waals surface area (Å²) in [7, 11) is 0. The van der Waals surface area contributed by atoms with Gasteiger partial charge in [0.2, 0.25) is 0 Å². The van der Waals surface area contributed by atoms with Crippen LogP contribution in [-0.2, 0) is 14.3 Å². The van der Waals surface area contributed by atoms with Crippen molar-refractivity contribution >= 4 is 23.6 Å². The molecule has 0 saturated heterocycles. The monoisotopic (exact) mass is 449 g/mol. The van der Waals surface area contributed by atoms with Crippen LogP contribution in [0.5, 0.6) is 0 Å². The largest absolute Gasteiger partial charge is 0.452 e. The van der Waals surface area contributed by atoms with Gasteiger partial charge in [-0.05, 0) is 75.3 Å². The van der Waals surface area contributed by atoms with Crippen LogP contribution in [0.15, 0.2) is 18.2 Å². The number of anilines is 1. The van der Waals surface area contributed by atoms with Crippen LogP contribution >= 0.6 is 0 Å². The number of hydrogen-bond acceptors (Lipinski definition) is 4. The van der Waals surface area contributed by atoms with Gasteiger partial charge in [0.15, 0.2) is 6.10 Å². The average Bonchev–Trinajstić information content (AvgIpc) is 2.69. The average molecular weight is 449 g/mol. The smallest absolute Gasteiger partial charge is 0.315 e. The number of carbonyl (C=O) groups excluding carboxylic acids is 3. The van der Waals surface area contributed by atoms with E-state index in [1.807, 2.05) is 0 Å². The molecule has 9 heteroatoms. The first-order chi connectivity index (χ1) is 15.2. The molecule has 4 aliphatic rings. The highest BCUT2D eigenvalue weighted by Gasteiger charge is 2.51. The number of urea groups is 1. The number of nitrogens with one attached hydrogen (secondary N) is 3. The van der Waals surface area contributed by atoms with Crippen molar-refractivity contribution in [3.63, 3.8) is 0 Å².